The predicted octanol–water partition coefficient (Wildman–Crippen LogP) is 3.53. The Balaban J connectivity index is 1.55. The summed E-state index contributed by atoms with van der Waals surface area (Å²) in [5, 5.41) is 2.91. The molecule has 0 spiro atoms. The van der Waals surface area contributed by atoms with Gasteiger partial charge in [0.25, 0.3) is 5.91 Å². The van der Waals surface area contributed by atoms with Crippen LogP contribution in [-0.4, -0.2) is 24.5 Å². The zero-order valence-electron chi connectivity index (χ0n) is 15.2. The molecule has 2 aromatic rings. The van der Waals surface area contributed by atoms with Gasteiger partial charge in [0.2, 0.25) is 5.91 Å². The molecule has 1 heterocycles. The van der Waals surface area contributed by atoms with Crippen LogP contribution in [0.2, 0.25) is 0 Å². The first-order valence-electron chi connectivity index (χ1n) is 8.97. The van der Waals surface area contributed by atoms with Gasteiger partial charge in [0.05, 0.1) is 6.10 Å². The zero-order valence-corrected chi connectivity index (χ0v) is 15.2. The summed E-state index contributed by atoms with van der Waals surface area (Å²) >= 11 is 0. The molecule has 1 aliphatic heterocycles. The van der Waals surface area contributed by atoms with Crippen LogP contribution in [0.1, 0.15) is 42.6 Å². The third-order valence-corrected chi connectivity index (χ3v) is 4.26. The number of anilines is 1. The highest BCUT2D eigenvalue weighted by molar-refractivity contribution is 5.97. The van der Waals surface area contributed by atoms with Crippen molar-refractivity contribution in [2.24, 2.45) is 0 Å². The van der Waals surface area contributed by atoms with Crippen molar-refractivity contribution in [1.82, 2.24) is 5.32 Å². The second-order valence-corrected chi connectivity index (χ2v) is 6.69. The highest BCUT2D eigenvalue weighted by atomic mass is 16.5. The first-order valence-corrected chi connectivity index (χ1v) is 8.97. The van der Waals surface area contributed by atoms with Crippen molar-refractivity contribution < 1.29 is 14.3 Å². The molecular formula is C21H24N2O3. The molecule has 0 aliphatic carbocycles. The Labute approximate surface area is 154 Å². The minimum Gasteiger partial charge on any atom is -0.491 e. The Hall–Kier alpha value is -2.82. The maximum absolute atomic E-state index is 12.3. The average molecular weight is 352 g/mol. The highest BCUT2D eigenvalue weighted by Crippen LogP contribution is 2.21. The fourth-order valence-electron chi connectivity index (χ4n) is 2.96. The molecule has 3 rings (SSSR count). The number of carbonyl (C=O) groups excluding carboxylic acids is 2. The van der Waals surface area contributed by atoms with Gasteiger partial charge in [-0.05, 0) is 62.2 Å². The zero-order chi connectivity index (χ0) is 18.5. The molecule has 0 radical (unpaired) electrons. The van der Waals surface area contributed by atoms with Crippen LogP contribution in [0.15, 0.2) is 48.5 Å². The quantitative estimate of drug-likeness (QED) is 0.865. The lowest BCUT2D eigenvalue weighted by molar-refractivity contribution is -0.117. The maximum Gasteiger partial charge on any atom is 0.251 e. The van der Waals surface area contributed by atoms with Gasteiger partial charge in [0.1, 0.15) is 5.75 Å². The van der Waals surface area contributed by atoms with Gasteiger partial charge in [-0.3, -0.25) is 9.59 Å². The number of ether oxygens (including phenoxy) is 1. The Kier molecular flexibility index (Phi) is 5.56. The second kappa shape index (κ2) is 8.04. The summed E-state index contributed by atoms with van der Waals surface area (Å²) in [6, 6.07) is 14.9. The van der Waals surface area contributed by atoms with E-state index in [1.807, 2.05) is 50.2 Å². The van der Waals surface area contributed by atoms with Gasteiger partial charge in [-0.2, -0.15) is 0 Å². The Morgan fingerprint density at radius 3 is 2.38 bits per heavy atom. The van der Waals surface area contributed by atoms with Crippen molar-refractivity contribution in [2.75, 3.05) is 11.4 Å². The lowest BCUT2D eigenvalue weighted by Gasteiger charge is -2.15. The summed E-state index contributed by atoms with van der Waals surface area (Å²) < 4.78 is 5.61. The molecule has 0 unspecified atom stereocenters. The molecule has 0 aromatic heterocycles. The van der Waals surface area contributed by atoms with E-state index in [0.717, 1.165) is 30.0 Å². The highest BCUT2D eigenvalue weighted by Gasteiger charge is 2.21. The Morgan fingerprint density at radius 1 is 1.12 bits per heavy atom. The van der Waals surface area contributed by atoms with Crippen LogP contribution in [0.4, 0.5) is 5.69 Å². The predicted molar refractivity (Wildman–Crippen MR) is 101 cm³/mol. The van der Waals surface area contributed by atoms with Crippen LogP contribution < -0.4 is 15.0 Å². The van der Waals surface area contributed by atoms with Crippen molar-refractivity contribution in [3.05, 3.63) is 59.7 Å². The topological polar surface area (TPSA) is 58.6 Å². The minimum atomic E-state index is -0.133. The molecule has 1 fully saturated rings. The molecule has 2 aromatic carbocycles. The molecule has 2 amide bonds. The second-order valence-electron chi connectivity index (χ2n) is 6.69. The third-order valence-electron chi connectivity index (χ3n) is 4.26. The summed E-state index contributed by atoms with van der Waals surface area (Å²) in [6.07, 6.45) is 1.63. The van der Waals surface area contributed by atoms with Crippen molar-refractivity contribution in [2.45, 2.75) is 39.3 Å². The van der Waals surface area contributed by atoms with Crippen LogP contribution in [0.25, 0.3) is 0 Å². The van der Waals surface area contributed by atoms with Gasteiger partial charge in [-0.1, -0.05) is 12.1 Å². The standard InChI is InChI=1S/C21H24N2O3/c1-15(2)26-19-11-5-16(6-12-19)14-22-21(25)17-7-9-18(10-8-17)23-13-3-4-20(23)24/h5-12,15H,3-4,13-14H2,1-2H3,(H,22,25). The van der Waals surface area contributed by atoms with Crippen LogP contribution in [0, 0.1) is 0 Å². The summed E-state index contributed by atoms with van der Waals surface area (Å²) in [5.41, 5.74) is 2.44. The van der Waals surface area contributed by atoms with E-state index >= 15 is 0 Å². The lowest BCUT2D eigenvalue weighted by Crippen LogP contribution is -2.25. The van der Waals surface area contributed by atoms with E-state index in [1.165, 1.54) is 0 Å². The number of benzene rings is 2. The number of hydrogen-bond acceptors (Lipinski definition) is 3. The van der Waals surface area contributed by atoms with E-state index in [-0.39, 0.29) is 17.9 Å². The fraction of sp³-hybridized carbons (Fsp3) is 0.333. The number of rotatable bonds is 6. The van der Waals surface area contributed by atoms with Gasteiger partial charge in [0, 0.05) is 30.8 Å². The van der Waals surface area contributed by atoms with E-state index in [4.69, 9.17) is 4.74 Å². The normalized spacial score (nSPS) is 14.0. The molecular weight excluding hydrogens is 328 g/mol. The summed E-state index contributed by atoms with van der Waals surface area (Å²) in [6.45, 7) is 5.17. The smallest absolute Gasteiger partial charge is 0.251 e. The molecule has 1 aliphatic rings. The molecule has 0 bridgehead atoms. The van der Waals surface area contributed by atoms with E-state index in [2.05, 4.69) is 5.32 Å². The van der Waals surface area contributed by atoms with Crippen molar-refractivity contribution in [3.63, 3.8) is 0 Å². The number of carbonyl (C=O) groups is 2. The van der Waals surface area contributed by atoms with E-state index in [9.17, 15) is 9.59 Å². The molecule has 1 saturated heterocycles. The first-order chi connectivity index (χ1) is 12.5. The summed E-state index contributed by atoms with van der Waals surface area (Å²) in [5.74, 6) is 0.834. The molecule has 1 N–H and O–H groups in total. The molecule has 26 heavy (non-hydrogen) atoms. The third kappa shape index (κ3) is 4.42. The Morgan fingerprint density at radius 2 is 1.81 bits per heavy atom. The van der Waals surface area contributed by atoms with Gasteiger partial charge in [-0.15, -0.1) is 0 Å². The van der Waals surface area contributed by atoms with Gasteiger partial charge in [-0.25, -0.2) is 0 Å². The minimum absolute atomic E-state index is 0.133. The molecule has 5 nitrogen and oxygen atoms in total. The van der Waals surface area contributed by atoms with Crippen molar-refractivity contribution in [1.29, 1.82) is 0 Å². The fourth-order valence-corrected chi connectivity index (χ4v) is 2.96. The van der Waals surface area contributed by atoms with Crippen molar-refractivity contribution in [3.8, 4) is 5.75 Å². The van der Waals surface area contributed by atoms with E-state index in [0.29, 0.717) is 18.5 Å². The number of nitrogens with one attached hydrogen (secondary N) is 1. The van der Waals surface area contributed by atoms with E-state index < -0.39 is 0 Å². The maximum atomic E-state index is 12.3. The first kappa shape index (κ1) is 18.0. The van der Waals surface area contributed by atoms with Gasteiger partial charge >= 0.3 is 0 Å². The summed E-state index contributed by atoms with van der Waals surface area (Å²) in [4.78, 5) is 25.9. The van der Waals surface area contributed by atoms with Crippen molar-refractivity contribution >= 4 is 17.5 Å². The van der Waals surface area contributed by atoms with E-state index in [1.54, 1.807) is 17.0 Å². The monoisotopic (exact) mass is 352 g/mol. The average Bonchev–Trinajstić information content (AvgIpc) is 3.06. The number of nitrogens with zero attached hydrogens (tertiary/aromatic N) is 1. The number of hydrogen-bond donors (Lipinski definition) is 1. The van der Waals surface area contributed by atoms with Crippen LogP contribution in [-0.2, 0) is 11.3 Å². The molecule has 0 atom stereocenters. The Bertz CT molecular complexity index is 767. The SMILES string of the molecule is CC(C)Oc1ccc(CNC(=O)c2ccc(N3CCCC3=O)cc2)cc1. The van der Waals surface area contributed by atoms with Crippen LogP contribution in [0.5, 0.6) is 5.75 Å². The van der Waals surface area contributed by atoms with Crippen LogP contribution >= 0.6 is 0 Å². The summed E-state index contributed by atoms with van der Waals surface area (Å²) in [7, 11) is 0. The molecule has 0 saturated carbocycles. The number of amides is 2. The largest absolute Gasteiger partial charge is 0.491 e. The van der Waals surface area contributed by atoms with Gasteiger partial charge < -0.3 is 15.0 Å². The molecule has 5 heteroatoms. The lowest BCUT2D eigenvalue weighted by atomic mass is 10.1. The molecule has 136 valence electrons. The van der Waals surface area contributed by atoms with Gasteiger partial charge in [0.15, 0.2) is 0 Å². The van der Waals surface area contributed by atoms with Crippen LogP contribution in [0.3, 0.4) is 0 Å².